The first-order chi connectivity index (χ1) is 14.0. The fourth-order valence-electron chi connectivity index (χ4n) is 2.86. The van der Waals surface area contributed by atoms with Crippen LogP contribution in [0.15, 0.2) is 54.6 Å². The van der Waals surface area contributed by atoms with Gasteiger partial charge in [0, 0.05) is 6.54 Å². The molecule has 0 radical (unpaired) electrons. The van der Waals surface area contributed by atoms with Gasteiger partial charge in [0.2, 0.25) is 0 Å². The number of H-pyrrole nitrogens is 1. The number of aromatic amines is 1. The maximum atomic E-state index is 11.3. The largest absolute Gasteiger partial charge is 0.478 e. The molecule has 2 aromatic carbocycles. The number of aromatic nitrogens is 3. The van der Waals surface area contributed by atoms with E-state index in [2.05, 4.69) is 20.3 Å². The van der Waals surface area contributed by atoms with Crippen molar-refractivity contribution in [3.05, 3.63) is 76.3 Å². The number of rotatable bonds is 6. The molecule has 7 nitrogen and oxygen atoms in total. The van der Waals surface area contributed by atoms with Gasteiger partial charge in [-0.3, -0.25) is 0 Å². The molecule has 0 amide bonds. The van der Waals surface area contributed by atoms with E-state index in [-0.39, 0.29) is 11.6 Å². The first kappa shape index (κ1) is 18.8. The Kier molecular flexibility index (Phi) is 5.05. The number of carboxylic acid groups (broad SMARTS) is 1. The Morgan fingerprint density at radius 1 is 1.17 bits per heavy atom. The number of imidazole rings is 1. The normalized spacial score (nSPS) is 10.8. The van der Waals surface area contributed by atoms with Crippen molar-refractivity contribution in [3.8, 4) is 11.8 Å². The van der Waals surface area contributed by atoms with Gasteiger partial charge < -0.3 is 20.1 Å². The standard InChI is InChI=1S/C21H17ClN4O3/c1-12-7-8-14(9-15(12)20(27)28)29-21-24-17-10-16(22)18(25-19(17)26-21)23-11-13-5-3-2-4-6-13/h2-10H,11H2,1H3,(H,27,28)(H2,23,24,25,26). The van der Waals surface area contributed by atoms with E-state index >= 15 is 0 Å². The van der Waals surface area contributed by atoms with E-state index < -0.39 is 5.97 Å². The molecule has 4 aromatic rings. The van der Waals surface area contributed by atoms with Crippen molar-refractivity contribution in [2.45, 2.75) is 13.5 Å². The van der Waals surface area contributed by atoms with Gasteiger partial charge >= 0.3 is 12.0 Å². The highest BCUT2D eigenvalue weighted by Crippen LogP contribution is 2.28. The Morgan fingerprint density at radius 3 is 2.72 bits per heavy atom. The molecular formula is C21H17ClN4O3. The summed E-state index contributed by atoms with van der Waals surface area (Å²) in [6, 6.07) is 16.6. The molecule has 0 saturated heterocycles. The molecule has 8 heteroatoms. The van der Waals surface area contributed by atoms with Crippen LogP contribution in [0.4, 0.5) is 5.82 Å². The first-order valence-corrected chi connectivity index (χ1v) is 9.23. The summed E-state index contributed by atoms with van der Waals surface area (Å²) in [5.41, 5.74) is 2.97. The Morgan fingerprint density at radius 2 is 1.97 bits per heavy atom. The Hall–Kier alpha value is -3.58. The number of nitrogens with one attached hydrogen (secondary N) is 2. The monoisotopic (exact) mass is 408 g/mol. The molecule has 2 heterocycles. The van der Waals surface area contributed by atoms with E-state index in [1.54, 1.807) is 25.1 Å². The minimum atomic E-state index is -1.01. The van der Waals surface area contributed by atoms with Crippen LogP contribution < -0.4 is 10.1 Å². The molecule has 0 aliphatic carbocycles. The van der Waals surface area contributed by atoms with Gasteiger partial charge in [-0.05, 0) is 36.2 Å². The second kappa shape index (κ2) is 7.81. The second-order valence-electron chi connectivity index (χ2n) is 6.46. The number of hydrogen-bond donors (Lipinski definition) is 3. The van der Waals surface area contributed by atoms with Crippen LogP contribution in [0.25, 0.3) is 11.2 Å². The summed E-state index contributed by atoms with van der Waals surface area (Å²) in [5, 5.41) is 12.9. The Labute approximate surface area is 171 Å². The topological polar surface area (TPSA) is 100 Å². The highest BCUT2D eigenvalue weighted by atomic mass is 35.5. The summed E-state index contributed by atoms with van der Waals surface area (Å²) in [6.45, 7) is 2.30. The van der Waals surface area contributed by atoms with Gasteiger partial charge in [0.05, 0.1) is 16.1 Å². The fraction of sp³-hybridized carbons (Fsp3) is 0.0952. The summed E-state index contributed by atoms with van der Waals surface area (Å²) < 4.78 is 5.68. The second-order valence-corrected chi connectivity index (χ2v) is 6.86. The van der Waals surface area contributed by atoms with Crippen LogP contribution in [0.1, 0.15) is 21.5 Å². The number of pyridine rings is 1. The summed E-state index contributed by atoms with van der Waals surface area (Å²) in [7, 11) is 0. The van der Waals surface area contributed by atoms with E-state index in [9.17, 15) is 9.90 Å². The molecule has 29 heavy (non-hydrogen) atoms. The average Bonchev–Trinajstić information content (AvgIpc) is 3.09. The quantitative estimate of drug-likeness (QED) is 0.414. The van der Waals surface area contributed by atoms with Crippen molar-refractivity contribution in [3.63, 3.8) is 0 Å². The van der Waals surface area contributed by atoms with Gasteiger partial charge in [-0.2, -0.15) is 4.98 Å². The van der Waals surface area contributed by atoms with Crippen LogP contribution in [0.3, 0.4) is 0 Å². The van der Waals surface area contributed by atoms with E-state index in [4.69, 9.17) is 16.3 Å². The number of ether oxygens (including phenoxy) is 1. The minimum absolute atomic E-state index is 0.173. The number of benzene rings is 2. The molecule has 0 aliphatic rings. The van der Waals surface area contributed by atoms with E-state index in [1.165, 1.54) is 6.07 Å². The van der Waals surface area contributed by atoms with E-state index in [0.717, 1.165) is 5.56 Å². The van der Waals surface area contributed by atoms with Crippen LogP contribution in [0, 0.1) is 6.92 Å². The summed E-state index contributed by atoms with van der Waals surface area (Å²) in [5.74, 6) is -0.134. The third-order valence-corrected chi connectivity index (χ3v) is 4.65. The zero-order valence-corrected chi connectivity index (χ0v) is 16.2. The zero-order valence-electron chi connectivity index (χ0n) is 15.4. The third-order valence-electron chi connectivity index (χ3n) is 4.36. The summed E-state index contributed by atoms with van der Waals surface area (Å²) in [6.07, 6.45) is 0. The highest BCUT2D eigenvalue weighted by Gasteiger charge is 2.13. The van der Waals surface area contributed by atoms with Crippen molar-refractivity contribution in [2.24, 2.45) is 0 Å². The van der Waals surface area contributed by atoms with Gasteiger partial charge in [0.25, 0.3) is 0 Å². The van der Waals surface area contributed by atoms with Crippen molar-refractivity contribution >= 4 is 34.6 Å². The first-order valence-electron chi connectivity index (χ1n) is 8.85. The predicted octanol–water partition coefficient (Wildman–Crippen LogP) is 5.02. The molecule has 2 aromatic heterocycles. The van der Waals surface area contributed by atoms with Gasteiger partial charge in [0.15, 0.2) is 5.65 Å². The Bertz CT molecular complexity index is 1190. The van der Waals surface area contributed by atoms with Crippen LogP contribution in [-0.2, 0) is 6.54 Å². The highest BCUT2D eigenvalue weighted by molar-refractivity contribution is 6.33. The number of anilines is 1. The average molecular weight is 409 g/mol. The van der Waals surface area contributed by atoms with Crippen molar-refractivity contribution in [2.75, 3.05) is 5.32 Å². The lowest BCUT2D eigenvalue weighted by molar-refractivity contribution is 0.0695. The van der Waals surface area contributed by atoms with E-state index in [1.807, 2.05) is 30.3 Å². The number of carboxylic acids is 1. The van der Waals surface area contributed by atoms with Crippen LogP contribution in [0.2, 0.25) is 5.02 Å². The van der Waals surface area contributed by atoms with Crippen LogP contribution >= 0.6 is 11.6 Å². The number of hydrogen-bond acceptors (Lipinski definition) is 5. The molecule has 3 N–H and O–H groups in total. The molecule has 0 saturated carbocycles. The Balaban J connectivity index is 1.56. The molecule has 0 atom stereocenters. The molecule has 0 aliphatic heterocycles. The minimum Gasteiger partial charge on any atom is -0.478 e. The van der Waals surface area contributed by atoms with Gasteiger partial charge in [0.1, 0.15) is 11.6 Å². The van der Waals surface area contributed by atoms with Crippen molar-refractivity contribution in [1.82, 2.24) is 15.0 Å². The number of carbonyl (C=O) groups is 1. The molecule has 0 fully saturated rings. The SMILES string of the molecule is Cc1ccc(Oc2nc3nc(NCc4ccccc4)c(Cl)cc3[nH]2)cc1C(=O)O. The summed E-state index contributed by atoms with van der Waals surface area (Å²) in [4.78, 5) is 23.1. The smallest absolute Gasteiger partial charge is 0.336 e. The van der Waals surface area contributed by atoms with Gasteiger partial charge in [-0.1, -0.05) is 48.0 Å². The number of nitrogens with zero attached hydrogens (tertiary/aromatic N) is 2. The molecule has 146 valence electrons. The van der Waals surface area contributed by atoms with Crippen LogP contribution in [0.5, 0.6) is 11.8 Å². The zero-order chi connectivity index (χ0) is 20.4. The van der Waals surface area contributed by atoms with Crippen molar-refractivity contribution in [1.29, 1.82) is 0 Å². The lowest BCUT2D eigenvalue weighted by Gasteiger charge is -2.07. The lowest BCUT2D eigenvalue weighted by Crippen LogP contribution is -2.02. The number of fused-ring (bicyclic) bond motifs is 1. The molecule has 0 bridgehead atoms. The number of aryl methyl sites for hydroxylation is 1. The lowest BCUT2D eigenvalue weighted by atomic mass is 10.1. The summed E-state index contributed by atoms with van der Waals surface area (Å²) >= 11 is 6.33. The van der Waals surface area contributed by atoms with Crippen LogP contribution in [-0.4, -0.2) is 26.0 Å². The predicted molar refractivity (Wildman–Crippen MR) is 111 cm³/mol. The number of aromatic carboxylic acids is 1. The molecule has 0 spiro atoms. The van der Waals surface area contributed by atoms with E-state index in [0.29, 0.717) is 39.9 Å². The number of halogens is 1. The third kappa shape index (κ3) is 4.14. The maximum absolute atomic E-state index is 11.3. The van der Waals surface area contributed by atoms with Crippen molar-refractivity contribution < 1.29 is 14.6 Å². The molecule has 0 unspecified atom stereocenters. The fourth-order valence-corrected chi connectivity index (χ4v) is 3.07. The molecule has 4 rings (SSSR count). The van der Waals surface area contributed by atoms with Gasteiger partial charge in [-0.25, -0.2) is 9.78 Å². The molecular weight excluding hydrogens is 392 g/mol. The van der Waals surface area contributed by atoms with Gasteiger partial charge in [-0.15, -0.1) is 0 Å². The maximum Gasteiger partial charge on any atom is 0.336 e.